The van der Waals surface area contributed by atoms with Gasteiger partial charge in [-0.1, -0.05) is 41.6 Å². The predicted molar refractivity (Wildman–Crippen MR) is 137 cm³/mol. The van der Waals surface area contributed by atoms with Crippen molar-refractivity contribution in [1.29, 1.82) is 0 Å². The van der Waals surface area contributed by atoms with Crippen LogP contribution in [0.15, 0.2) is 57.9 Å². The summed E-state index contributed by atoms with van der Waals surface area (Å²) in [6.45, 7) is 5.32. The zero-order valence-corrected chi connectivity index (χ0v) is 21.7. The van der Waals surface area contributed by atoms with E-state index in [9.17, 15) is 18.0 Å². The Kier molecular flexibility index (Phi) is 7.62. The van der Waals surface area contributed by atoms with Crippen molar-refractivity contribution in [3.63, 3.8) is 0 Å². The van der Waals surface area contributed by atoms with Gasteiger partial charge in [0.05, 0.1) is 0 Å². The molecule has 0 spiro atoms. The quantitative estimate of drug-likeness (QED) is 0.427. The number of hydrogen-bond acceptors (Lipinski definition) is 7. The minimum Gasteiger partial charge on any atom is -0.360 e. The number of rotatable bonds is 7. The first-order chi connectivity index (χ1) is 17.6. The Morgan fingerprint density at radius 2 is 1.81 bits per heavy atom. The van der Waals surface area contributed by atoms with Gasteiger partial charge in [0.15, 0.2) is 11.9 Å². The lowest BCUT2D eigenvalue weighted by Crippen LogP contribution is -2.54. The summed E-state index contributed by atoms with van der Waals surface area (Å²) in [4.78, 5) is 27.9. The number of nitrogens with one attached hydrogen (secondary N) is 2. The van der Waals surface area contributed by atoms with E-state index in [-0.39, 0.29) is 36.0 Å². The highest BCUT2D eigenvalue weighted by Gasteiger charge is 2.48. The number of nitrogens with two attached hydrogens (primary N) is 1. The second kappa shape index (κ2) is 10.7. The average molecular weight is 527 g/mol. The maximum atomic E-state index is 13.7. The summed E-state index contributed by atoms with van der Waals surface area (Å²) in [5.74, 6) is -0.525. The van der Waals surface area contributed by atoms with Crippen molar-refractivity contribution >= 4 is 27.6 Å². The SMILES string of the molecule is Cc1cccc(NC(=O)N2CCN(S(=O)(=O)c3c(C)noc3C)C2C(=O)NCc2cccc(CN)c2)c1. The Bertz CT molecular complexity index is 1400. The number of aryl methyl sites for hydroxylation is 3. The van der Waals surface area contributed by atoms with Gasteiger partial charge >= 0.3 is 6.03 Å². The van der Waals surface area contributed by atoms with Crippen LogP contribution < -0.4 is 16.4 Å². The van der Waals surface area contributed by atoms with Crippen LogP contribution in [0.4, 0.5) is 10.5 Å². The standard InChI is InChI=1S/C25H30N6O5S/c1-16-6-4-9-21(12-16)28-25(33)30-10-11-31(37(34,35)22-17(2)29-36-18(22)3)24(30)23(32)27-15-20-8-5-7-19(13-20)14-26/h4-9,12-13,24H,10-11,14-15,26H2,1-3H3,(H,27,32)(H,28,33). The van der Waals surface area contributed by atoms with Gasteiger partial charge in [-0.05, 0) is 49.6 Å². The van der Waals surface area contributed by atoms with Crippen molar-refractivity contribution in [3.8, 4) is 0 Å². The Balaban J connectivity index is 1.63. The lowest BCUT2D eigenvalue weighted by molar-refractivity contribution is -0.127. The zero-order chi connectivity index (χ0) is 26.7. The highest BCUT2D eigenvalue weighted by atomic mass is 32.2. The molecule has 1 atom stereocenters. The lowest BCUT2D eigenvalue weighted by atomic mass is 10.1. The normalized spacial score (nSPS) is 16.1. The van der Waals surface area contributed by atoms with Crippen molar-refractivity contribution in [3.05, 3.63) is 76.7 Å². The number of benzene rings is 2. The fourth-order valence-electron chi connectivity index (χ4n) is 4.37. The van der Waals surface area contributed by atoms with Crippen LogP contribution in [0.2, 0.25) is 0 Å². The molecule has 0 aliphatic carbocycles. The van der Waals surface area contributed by atoms with Crippen LogP contribution >= 0.6 is 0 Å². The number of aromatic nitrogens is 1. The van der Waals surface area contributed by atoms with Crippen LogP contribution in [0.1, 0.15) is 28.1 Å². The van der Waals surface area contributed by atoms with Gasteiger partial charge in [0.2, 0.25) is 0 Å². The Labute approximate surface area is 215 Å². The first kappa shape index (κ1) is 26.3. The molecule has 4 rings (SSSR count). The number of amides is 3. The average Bonchev–Trinajstić information content (AvgIpc) is 3.47. The molecule has 0 saturated carbocycles. The van der Waals surface area contributed by atoms with E-state index in [2.05, 4.69) is 15.8 Å². The van der Waals surface area contributed by atoms with Crippen molar-refractivity contribution in [2.75, 3.05) is 18.4 Å². The summed E-state index contributed by atoms with van der Waals surface area (Å²) in [5, 5.41) is 9.30. The minimum absolute atomic E-state index is 0.0149. The topological polar surface area (TPSA) is 151 Å². The molecule has 0 bridgehead atoms. The first-order valence-electron chi connectivity index (χ1n) is 11.8. The number of hydrogen-bond donors (Lipinski definition) is 3. The second-order valence-electron chi connectivity index (χ2n) is 8.88. The second-order valence-corrected chi connectivity index (χ2v) is 10.7. The zero-order valence-electron chi connectivity index (χ0n) is 20.9. The van der Waals surface area contributed by atoms with Crippen molar-refractivity contribution in [1.82, 2.24) is 19.7 Å². The molecule has 3 amide bonds. The van der Waals surface area contributed by atoms with Gasteiger partial charge in [-0.3, -0.25) is 9.69 Å². The van der Waals surface area contributed by atoms with Gasteiger partial charge in [0.25, 0.3) is 15.9 Å². The van der Waals surface area contributed by atoms with E-state index in [0.29, 0.717) is 12.2 Å². The fraction of sp³-hybridized carbons (Fsp3) is 0.320. The third-order valence-corrected chi connectivity index (χ3v) is 8.22. The molecule has 12 heteroatoms. The van der Waals surface area contributed by atoms with E-state index in [1.54, 1.807) is 18.2 Å². The molecule has 1 aliphatic heterocycles. The molecule has 2 aromatic carbocycles. The molecule has 1 fully saturated rings. The van der Waals surface area contributed by atoms with Gasteiger partial charge in [-0.2, -0.15) is 4.31 Å². The third-order valence-electron chi connectivity index (χ3n) is 6.12. The van der Waals surface area contributed by atoms with E-state index < -0.39 is 28.1 Å². The van der Waals surface area contributed by atoms with Gasteiger partial charge in [0, 0.05) is 31.9 Å². The van der Waals surface area contributed by atoms with E-state index >= 15 is 0 Å². The summed E-state index contributed by atoms with van der Waals surface area (Å²) < 4.78 is 33.4. The van der Waals surface area contributed by atoms with E-state index in [1.165, 1.54) is 18.7 Å². The summed E-state index contributed by atoms with van der Waals surface area (Å²) >= 11 is 0. The van der Waals surface area contributed by atoms with Crippen LogP contribution in [0.25, 0.3) is 0 Å². The fourth-order valence-corrected chi connectivity index (χ4v) is 6.21. The highest BCUT2D eigenvalue weighted by Crippen LogP contribution is 2.29. The summed E-state index contributed by atoms with van der Waals surface area (Å²) in [6.07, 6.45) is -1.42. The van der Waals surface area contributed by atoms with E-state index in [0.717, 1.165) is 21.0 Å². The molecular formula is C25H30N6O5S. The predicted octanol–water partition coefficient (Wildman–Crippen LogP) is 2.24. The van der Waals surface area contributed by atoms with Crippen LogP contribution in [0, 0.1) is 20.8 Å². The van der Waals surface area contributed by atoms with Crippen LogP contribution in [-0.2, 0) is 27.9 Å². The van der Waals surface area contributed by atoms with Gasteiger partial charge in [-0.15, -0.1) is 0 Å². The summed E-state index contributed by atoms with van der Waals surface area (Å²) in [6, 6.07) is 14.0. The van der Waals surface area contributed by atoms with Crippen molar-refractivity contribution in [2.45, 2.75) is 44.9 Å². The molecule has 1 aromatic heterocycles. The highest BCUT2D eigenvalue weighted by molar-refractivity contribution is 7.89. The number of anilines is 1. The Morgan fingerprint density at radius 1 is 1.08 bits per heavy atom. The van der Waals surface area contributed by atoms with Gasteiger partial charge < -0.3 is 20.9 Å². The summed E-state index contributed by atoms with van der Waals surface area (Å²) in [5.41, 5.74) is 9.06. The van der Waals surface area contributed by atoms with Crippen LogP contribution in [-0.4, -0.2) is 54.0 Å². The van der Waals surface area contributed by atoms with Gasteiger partial charge in [-0.25, -0.2) is 13.2 Å². The maximum absolute atomic E-state index is 13.7. The van der Waals surface area contributed by atoms with E-state index in [4.69, 9.17) is 10.3 Å². The number of sulfonamides is 1. The first-order valence-corrected chi connectivity index (χ1v) is 13.2. The minimum atomic E-state index is -4.21. The Hall–Kier alpha value is -3.74. The molecule has 4 N–H and O–H groups in total. The van der Waals surface area contributed by atoms with Crippen molar-refractivity contribution in [2.24, 2.45) is 5.73 Å². The molecule has 11 nitrogen and oxygen atoms in total. The third kappa shape index (κ3) is 5.50. The van der Waals surface area contributed by atoms with Gasteiger partial charge in [0.1, 0.15) is 10.6 Å². The number of carbonyl (C=O) groups is 2. The molecule has 1 aliphatic rings. The molecule has 3 aromatic rings. The molecule has 2 heterocycles. The number of urea groups is 1. The largest absolute Gasteiger partial charge is 0.360 e. The molecule has 37 heavy (non-hydrogen) atoms. The van der Waals surface area contributed by atoms with Crippen LogP contribution in [0.5, 0.6) is 0 Å². The number of nitrogens with zero attached hydrogens (tertiary/aromatic N) is 3. The monoisotopic (exact) mass is 526 g/mol. The molecule has 0 radical (unpaired) electrons. The van der Waals surface area contributed by atoms with Crippen LogP contribution in [0.3, 0.4) is 0 Å². The molecule has 1 saturated heterocycles. The smallest absolute Gasteiger partial charge is 0.323 e. The number of carbonyl (C=O) groups excluding carboxylic acids is 2. The molecule has 196 valence electrons. The van der Waals surface area contributed by atoms with E-state index in [1.807, 2.05) is 37.3 Å². The molecule has 1 unspecified atom stereocenters. The van der Waals surface area contributed by atoms with Crippen molar-refractivity contribution < 1.29 is 22.5 Å². The Morgan fingerprint density at radius 3 is 2.49 bits per heavy atom. The lowest BCUT2D eigenvalue weighted by Gasteiger charge is -2.28. The maximum Gasteiger partial charge on any atom is 0.323 e. The summed E-state index contributed by atoms with van der Waals surface area (Å²) in [7, 11) is -4.21. The molecular weight excluding hydrogens is 496 g/mol.